The van der Waals surface area contributed by atoms with Crippen molar-refractivity contribution >= 4 is 22.7 Å². The highest BCUT2D eigenvalue weighted by Crippen LogP contribution is 2.30. The summed E-state index contributed by atoms with van der Waals surface area (Å²) in [5.41, 5.74) is -2.48. The number of anilines is 1. The van der Waals surface area contributed by atoms with Crippen LogP contribution in [0.3, 0.4) is 0 Å². The van der Waals surface area contributed by atoms with Crippen molar-refractivity contribution in [2.45, 2.75) is 38.8 Å². The van der Waals surface area contributed by atoms with Crippen LogP contribution in [-0.2, 0) is 6.54 Å². The Hall–Kier alpha value is -2.78. The van der Waals surface area contributed by atoms with Crippen molar-refractivity contribution in [1.82, 2.24) is 9.13 Å². The van der Waals surface area contributed by atoms with E-state index >= 15 is 0 Å². The summed E-state index contributed by atoms with van der Waals surface area (Å²) in [6.45, 7) is 1.18. The summed E-state index contributed by atoms with van der Waals surface area (Å²) in [7, 11) is 0. The number of alkyl halides is 2. The quantitative estimate of drug-likeness (QED) is 0.845. The predicted molar refractivity (Wildman–Crippen MR) is 87.5 cm³/mol. The molecule has 0 spiro atoms. The standard InChI is InChI=1S/C16H16F3N3O4/c1-7(13(18)19)22-12-5-10(17)11(20-15(24)25)4-9(12)14(23)21(16(22)26)6-8-2-3-8/h4-5,7-8,13,20H,2-3,6H2,1H3,(H,24,25). The van der Waals surface area contributed by atoms with Crippen molar-refractivity contribution < 1.29 is 23.1 Å². The van der Waals surface area contributed by atoms with Gasteiger partial charge in [0.1, 0.15) is 5.82 Å². The third-order valence-electron chi connectivity index (χ3n) is 4.41. The van der Waals surface area contributed by atoms with E-state index in [2.05, 4.69) is 0 Å². The van der Waals surface area contributed by atoms with Crippen molar-refractivity contribution in [3.63, 3.8) is 0 Å². The first-order valence-electron chi connectivity index (χ1n) is 7.97. The van der Waals surface area contributed by atoms with Gasteiger partial charge in [0.2, 0.25) is 0 Å². The normalized spacial score (nSPS) is 15.4. The van der Waals surface area contributed by atoms with Gasteiger partial charge in [-0.15, -0.1) is 0 Å². The molecule has 1 amide bonds. The highest BCUT2D eigenvalue weighted by atomic mass is 19.3. The van der Waals surface area contributed by atoms with Gasteiger partial charge in [0.15, 0.2) is 0 Å². The van der Waals surface area contributed by atoms with Gasteiger partial charge in [0.05, 0.1) is 22.6 Å². The third-order valence-corrected chi connectivity index (χ3v) is 4.41. The molecule has 140 valence electrons. The number of rotatable bonds is 5. The number of nitrogens with zero attached hydrogens (tertiary/aromatic N) is 2. The molecule has 0 radical (unpaired) electrons. The van der Waals surface area contributed by atoms with Crippen LogP contribution in [0.4, 0.5) is 23.7 Å². The molecule has 2 N–H and O–H groups in total. The number of amides is 1. The van der Waals surface area contributed by atoms with Gasteiger partial charge in [-0.2, -0.15) is 0 Å². The molecule has 1 atom stereocenters. The second-order valence-corrected chi connectivity index (χ2v) is 6.37. The molecule has 0 bridgehead atoms. The maximum Gasteiger partial charge on any atom is 0.409 e. The Labute approximate surface area is 144 Å². The Morgan fingerprint density at radius 2 is 2.00 bits per heavy atom. The van der Waals surface area contributed by atoms with Gasteiger partial charge in [-0.05, 0) is 31.7 Å². The molecule has 1 unspecified atom stereocenters. The Balaban J connectivity index is 2.34. The maximum absolute atomic E-state index is 14.2. The van der Waals surface area contributed by atoms with Crippen LogP contribution in [0, 0.1) is 11.7 Å². The summed E-state index contributed by atoms with van der Waals surface area (Å²) in [4.78, 5) is 36.1. The molecule has 1 saturated carbocycles. The number of nitrogens with one attached hydrogen (secondary N) is 1. The number of carboxylic acid groups (broad SMARTS) is 1. The van der Waals surface area contributed by atoms with E-state index in [0.29, 0.717) is 4.57 Å². The summed E-state index contributed by atoms with van der Waals surface area (Å²) in [6.07, 6.45) is -2.81. The molecule has 1 heterocycles. The lowest BCUT2D eigenvalue weighted by Gasteiger charge is -2.20. The molecule has 0 saturated heterocycles. The smallest absolute Gasteiger partial charge is 0.409 e. The molecule has 1 aliphatic carbocycles. The number of hydrogen-bond donors (Lipinski definition) is 2. The molecule has 3 rings (SSSR count). The number of halogens is 3. The zero-order valence-electron chi connectivity index (χ0n) is 13.7. The Morgan fingerprint density at radius 1 is 1.35 bits per heavy atom. The SMILES string of the molecule is CC(C(F)F)n1c(=O)n(CC2CC2)c(=O)c2cc(NC(=O)O)c(F)cc21. The van der Waals surface area contributed by atoms with Crippen LogP contribution in [0.15, 0.2) is 21.7 Å². The van der Waals surface area contributed by atoms with Gasteiger partial charge in [0.25, 0.3) is 12.0 Å². The molecule has 1 fully saturated rings. The molecule has 1 aromatic carbocycles. The van der Waals surface area contributed by atoms with Crippen molar-refractivity contribution in [2.75, 3.05) is 5.32 Å². The van der Waals surface area contributed by atoms with Crippen LogP contribution in [0.25, 0.3) is 10.9 Å². The first kappa shape index (κ1) is 18.0. The predicted octanol–water partition coefficient (Wildman–Crippen LogP) is 2.63. The molecular formula is C16H16F3N3O4. The van der Waals surface area contributed by atoms with E-state index in [1.165, 1.54) is 0 Å². The molecule has 0 aliphatic heterocycles. The van der Waals surface area contributed by atoms with Crippen LogP contribution >= 0.6 is 0 Å². The fraction of sp³-hybridized carbons (Fsp3) is 0.438. The molecule has 26 heavy (non-hydrogen) atoms. The number of fused-ring (bicyclic) bond motifs is 1. The second-order valence-electron chi connectivity index (χ2n) is 6.37. The topological polar surface area (TPSA) is 93.3 Å². The van der Waals surface area contributed by atoms with Crippen LogP contribution < -0.4 is 16.6 Å². The van der Waals surface area contributed by atoms with Gasteiger partial charge in [-0.1, -0.05) is 0 Å². The van der Waals surface area contributed by atoms with E-state index in [4.69, 9.17) is 5.11 Å². The summed E-state index contributed by atoms with van der Waals surface area (Å²) in [5, 5.41) is 10.4. The van der Waals surface area contributed by atoms with Crippen LogP contribution in [0.1, 0.15) is 25.8 Å². The fourth-order valence-electron chi connectivity index (χ4n) is 2.84. The minimum Gasteiger partial charge on any atom is -0.465 e. The Bertz CT molecular complexity index is 995. The minimum absolute atomic E-state index is 0.0859. The van der Waals surface area contributed by atoms with Crippen molar-refractivity contribution in [2.24, 2.45) is 5.92 Å². The average molecular weight is 371 g/mol. The van der Waals surface area contributed by atoms with Crippen molar-refractivity contribution in [1.29, 1.82) is 0 Å². The first-order valence-corrected chi connectivity index (χ1v) is 7.97. The number of aromatic nitrogens is 2. The van der Waals surface area contributed by atoms with E-state index in [-0.39, 0.29) is 23.4 Å². The second kappa shape index (κ2) is 6.50. The summed E-state index contributed by atoms with van der Waals surface area (Å²) >= 11 is 0. The summed E-state index contributed by atoms with van der Waals surface area (Å²) in [5.74, 6) is -0.959. The highest BCUT2D eigenvalue weighted by Gasteiger charge is 2.28. The van der Waals surface area contributed by atoms with Gasteiger partial charge < -0.3 is 5.11 Å². The molecule has 1 aliphatic rings. The van der Waals surface area contributed by atoms with E-state index in [1.807, 2.05) is 5.32 Å². The third kappa shape index (κ3) is 3.18. The highest BCUT2D eigenvalue weighted by molar-refractivity contribution is 5.89. The van der Waals surface area contributed by atoms with E-state index in [9.17, 15) is 27.6 Å². The lowest BCUT2D eigenvalue weighted by molar-refractivity contribution is 0.0904. The van der Waals surface area contributed by atoms with Gasteiger partial charge >= 0.3 is 11.8 Å². The number of carbonyl (C=O) groups is 1. The number of hydrogen-bond acceptors (Lipinski definition) is 3. The lowest BCUT2D eigenvalue weighted by atomic mass is 10.1. The van der Waals surface area contributed by atoms with Gasteiger partial charge in [0, 0.05) is 12.6 Å². The monoisotopic (exact) mass is 371 g/mol. The van der Waals surface area contributed by atoms with Crippen LogP contribution in [-0.4, -0.2) is 26.8 Å². The Morgan fingerprint density at radius 3 is 2.54 bits per heavy atom. The molecule has 7 nitrogen and oxygen atoms in total. The molecule has 1 aromatic heterocycles. The Kier molecular flexibility index (Phi) is 4.51. The minimum atomic E-state index is -2.91. The molecular weight excluding hydrogens is 355 g/mol. The van der Waals surface area contributed by atoms with Gasteiger partial charge in [-0.25, -0.2) is 22.8 Å². The van der Waals surface area contributed by atoms with Crippen molar-refractivity contribution in [3.05, 3.63) is 38.8 Å². The van der Waals surface area contributed by atoms with E-state index < -0.39 is 41.3 Å². The molecule has 10 heteroatoms. The largest absolute Gasteiger partial charge is 0.465 e. The van der Waals surface area contributed by atoms with Crippen LogP contribution in [0.5, 0.6) is 0 Å². The summed E-state index contributed by atoms with van der Waals surface area (Å²) in [6, 6.07) is 0.0660. The van der Waals surface area contributed by atoms with Crippen molar-refractivity contribution in [3.8, 4) is 0 Å². The fourth-order valence-corrected chi connectivity index (χ4v) is 2.84. The average Bonchev–Trinajstić information content (AvgIpc) is 3.36. The lowest BCUT2D eigenvalue weighted by Crippen LogP contribution is -2.42. The molecule has 2 aromatic rings. The zero-order chi connectivity index (χ0) is 19.2. The van der Waals surface area contributed by atoms with E-state index in [0.717, 1.165) is 36.5 Å². The first-order chi connectivity index (χ1) is 12.2. The summed E-state index contributed by atoms with van der Waals surface area (Å²) < 4.78 is 42.2. The maximum atomic E-state index is 14.2. The van der Waals surface area contributed by atoms with Gasteiger partial charge in [-0.3, -0.25) is 19.2 Å². The van der Waals surface area contributed by atoms with E-state index in [1.54, 1.807) is 0 Å². The zero-order valence-corrected chi connectivity index (χ0v) is 13.7. The number of benzene rings is 1. The van der Waals surface area contributed by atoms with Crippen LogP contribution in [0.2, 0.25) is 0 Å².